The molecule has 0 spiro atoms. The summed E-state index contributed by atoms with van der Waals surface area (Å²) in [5, 5.41) is 4.64. The summed E-state index contributed by atoms with van der Waals surface area (Å²) in [6.45, 7) is 8.44. The van der Waals surface area contributed by atoms with Gasteiger partial charge in [-0.15, -0.1) is 0 Å². The van der Waals surface area contributed by atoms with Crippen LogP contribution >= 0.6 is 23.2 Å². The molecule has 1 N–H and O–H groups in total. The predicted octanol–water partition coefficient (Wildman–Crippen LogP) is 5.31. The van der Waals surface area contributed by atoms with Crippen molar-refractivity contribution in [1.29, 1.82) is 0 Å². The Morgan fingerprint density at radius 3 is 2.37 bits per heavy atom. The van der Waals surface area contributed by atoms with Gasteiger partial charge in [0.1, 0.15) is 5.02 Å². The molecule has 2 fully saturated rings. The molecular weight excluding hydrogens is 517 g/mol. The van der Waals surface area contributed by atoms with Gasteiger partial charge in [0.05, 0.1) is 16.9 Å². The lowest BCUT2D eigenvalue weighted by Crippen LogP contribution is -2.52. The van der Waals surface area contributed by atoms with E-state index in [9.17, 15) is 0 Å². The van der Waals surface area contributed by atoms with E-state index in [1.54, 1.807) is 6.20 Å². The van der Waals surface area contributed by atoms with E-state index >= 15 is 0 Å². The van der Waals surface area contributed by atoms with E-state index in [0.717, 1.165) is 54.8 Å². The Morgan fingerprint density at radius 1 is 0.842 bits per heavy atom. The number of rotatable bonds is 5. The van der Waals surface area contributed by atoms with Crippen LogP contribution < -0.4 is 15.1 Å². The number of benzene rings is 2. The van der Waals surface area contributed by atoms with E-state index in [-0.39, 0.29) is 0 Å². The van der Waals surface area contributed by atoms with Crippen molar-refractivity contribution >= 4 is 46.3 Å². The van der Waals surface area contributed by atoms with Crippen LogP contribution in [0.5, 0.6) is 0 Å². The van der Waals surface area contributed by atoms with Crippen molar-refractivity contribution in [2.75, 3.05) is 68.0 Å². The number of nitrogens with one attached hydrogen (secondary N) is 1. The second-order valence-corrected chi connectivity index (χ2v) is 11.5. The van der Waals surface area contributed by atoms with Gasteiger partial charge in [0.2, 0.25) is 5.95 Å². The summed E-state index contributed by atoms with van der Waals surface area (Å²) in [6.07, 6.45) is 5.01. The predicted molar refractivity (Wildman–Crippen MR) is 157 cm³/mol. The van der Waals surface area contributed by atoms with Crippen LogP contribution in [0.4, 0.5) is 23.1 Å². The molecule has 0 radical (unpaired) electrons. The molecule has 3 aliphatic heterocycles. The number of piperidine rings is 1. The Morgan fingerprint density at radius 2 is 1.61 bits per heavy atom. The first-order chi connectivity index (χ1) is 18.5. The molecule has 7 nitrogen and oxygen atoms in total. The number of piperazine rings is 1. The van der Waals surface area contributed by atoms with E-state index < -0.39 is 0 Å². The van der Waals surface area contributed by atoms with Crippen molar-refractivity contribution < 1.29 is 0 Å². The fourth-order valence-electron chi connectivity index (χ4n) is 5.95. The number of hydrogen-bond donors (Lipinski definition) is 1. The fraction of sp³-hybridized carbons (Fsp3) is 0.448. The van der Waals surface area contributed by atoms with Crippen molar-refractivity contribution in [2.24, 2.45) is 0 Å². The molecule has 0 atom stereocenters. The highest BCUT2D eigenvalue weighted by atomic mass is 35.5. The molecule has 0 bridgehead atoms. The van der Waals surface area contributed by atoms with Gasteiger partial charge in [-0.3, -0.25) is 4.90 Å². The summed E-state index contributed by atoms with van der Waals surface area (Å²) < 4.78 is 0. The SMILES string of the molecule is CN1CCN(C2CCN(c3ccc(Nc4ncc(Cl)c(N5CCc6ccccc6C5)n4)cc3Cl)CC2)CC1. The molecule has 0 saturated carbocycles. The zero-order chi connectivity index (χ0) is 26.1. The maximum atomic E-state index is 6.79. The van der Waals surface area contributed by atoms with Crippen LogP contribution in [0.15, 0.2) is 48.7 Å². The molecule has 0 amide bonds. The van der Waals surface area contributed by atoms with Crippen LogP contribution in [-0.2, 0) is 13.0 Å². The molecule has 1 aromatic heterocycles. The summed E-state index contributed by atoms with van der Waals surface area (Å²) in [6, 6.07) is 15.4. The minimum atomic E-state index is 0.514. The van der Waals surface area contributed by atoms with Crippen molar-refractivity contribution in [3.63, 3.8) is 0 Å². The van der Waals surface area contributed by atoms with E-state index in [1.807, 2.05) is 6.07 Å². The average Bonchev–Trinajstić information content (AvgIpc) is 2.94. The molecule has 38 heavy (non-hydrogen) atoms. The van der Waals surface area contributed by atoms with Crippen molar-refractivity contribution in [1.82, 2.24) is 19.8 Å². The standard InChI is InChI=1S/C29H35Cl2N7/c1-35-14-16-36(17-15-35)24-9-12-37(13-10-24)27-7-6-23(18-25(27)30)33-29-32-19-26(31)28(34-29)38-11-8-21-4-2-3-5-22(21)20-38/h2-7,18-19,24H,8-17,20H2,1H3,(H,32,33,34). The van der Waals surface area contributed by atoms with Gasteiger partial charge in [-0.1, -0.05) is 47.5 Å². The monoisotopic (exact) mass is 551 g/mol. The number of fused-ring (bicyclic) bond motifs is 1. The molecular formula is C29H35Cl2N7. The highest BCUT2D eigenvalue weighted by Gasteiger charge is 2.27. The number of aromatic nitrogens is 2. The number of nitrogens with zero attached hydrogens (tertiary/aromatic N) is 6. The van der Waals surface area contributed by atoms with Gasteiger partial charge in [-0.05, 0) is 55.6 Å². The Labute approximate surface area is 235 Å². The van der Waals surface area contributed by atoms with Gasteiger partial charge in [0.15, 0.2) is 5.82 Å². The lowest BCUT2D eigenvalue weighted by Gasteiger charge is -2.42. The second kappa shape index (κ2) is 11.3. The van der Waals surface area contributed by atoms with Gasteiger partial charge >= 0.3 is 0 Å². The zero-order valence-electron chi connectivity index (χ0n) is 21.9. The van der Waals surface area contributed by atoms with Gasteiger partial charge < -0.3 is 20.0 Å². The Kier molecular flexibility index (Phi) is 7.61. The molecule has 0 aliphatic carbocycles. The lowest BCUT2D eigenvalue weighted by atomic mass is 10.00. The minimum Gasteiger partial charge on any atom is -0.370 e. The number of halogens is 2. The second-order valence-electron chi connectivity index (χ2n) is 10.7. The molecule has 3 aromatic rings. The zero-order valence-corrected chi connectivity index (χ0v) is 23.4. The normalized spacial score (nSPS) is 19.4. The molecule has 0 unspecified atom stereocenters. The third-order valence-electron chi connectivity index (χ3n) is 8.22. The maximum Gasteiger partial charge on any atom is 0.229 e. The van der Waals surface area contributed by atoms with Gasteiger partial charge in [-0.25, -0.2) is 4.98 Å². The van der Waals surface area contributed by atoms with Crippen LogP contribution in [0.1, 0.15) is 24.0 Å². The molecule has 4 heterocycles. The van der Waals surface area contributed by atoms with Crippen molar-refractivity contribution in [2.45, 2.75) is 31.8 Å². The van der Waals surface area contributed by atoms with Crippen LogP contribution in [-0.4, -0.2) is 78.7 Å². The smallest absolute Gasteiger partial charge is 0.229 e. The largest absolute Gasteiger partial charge is 0.370 e. The summed E-state index contributed by atoms with van der Waals surface area (Å²) in [5.41, 5.74) is 4.67. The summed E-state index contributed by atoms with van der Waals surface area (Å²) in [4.78, 5) is 18.9. The molecule has 3 aliphatic rings. The van der Waals surface area contributed by atoms with Crippen molar-refractivity contribution in [3.8, 4) is 0 Å². The minimum absolute atomic E-state index is 0.514. The van der Waals surface area contributed by atoms with E-state index in [0.29, 0.717) is 17.0 Å². The summed E-state index contributed by atoms with van der Waals surface area (Å²) >= 11 is 13.3. The van der Waals surface area contributed by atoms with E-state index in [1.165, 1.54) is 50.1 Å². The van der Waals surface area contributed by atoms with Gasteiger partial charge in [-0.2, -0.15) is 4.98 Å². The average molecular weight is 553 g/mol. The molecule has 6 rings (SSSR count). The van der Waals surface area contributed by atoms with Gasteiger partial charge in [0, 0.05) is 64.1 Å². The lowest BCUT2D eigenvalue weighted by molar-refractivity contribution is 0.0982. The molecule has 2 saturated heterocycles. The van der Waals surface area contributed by atoms with Crippen LogP contribution in [0.3, 0.4) is 0 Å². The highest BCUT2D eigenvalue weighted by Crippen LogP contribution is 2.34. The number of hydrogen-bond acceptors (Lipinski definition) is 7. The summed E-state index contributed by atoms with van der Waals surface area (Å²) in [5.74, 6) is 1.27. The highest BCUT2D eigenvalue weighted by molar-refractivity contribution is 6.33. The molecule has 2 aromatic carbocycles. The number of likely N-dealkylation sites (N-methyl/N-ethyl adjacent to an activating group) is 1. The third kappa shape index (κ3) is 5.57. The van der Waals surface area contributed by atoms with Gasteiger partial charge in [0.25, 0.3) is 0 Å². The fourth-order valence-corrected chi connectivity index (χ4v) is 6.46. The Balaban J connectivity index is 1.10. The number of anilines is 4. The Hall–Kier alpha value is -2.58. The van der Waals surface area contributed by atoms with E-state index in [4.69, 9.17) is 28.2 Å². The maximum absolute atomic E-state index is 6.79. The topological polar surface area (TPSA) is 50.8 Å². The van der Waals surface area contributed by atoms with Crippen LogP contribution in [0.25, 0.3) is 0 Å². The first kappa shape index (κ1) is 25.7. The Bertz CT molecular complexity index is 1270. The third-order valence-corrected chi connectivity index (χ3v) is 8.79. The van der Waals surface area contributed by atoms with Crippen LogP contribution in [0, 0.1) is 0 Å². The molecule has 200 valence electrons. The first-order valence-corrected chi connectivity index (χ1v) is 14.4. The quantitative estimate of drug-likeness (QED) is 0.461. The van der Waals surface area contributed by atoms with E-state index in [2.05, 4.69) is 73.3 Å². The summed E-state index contributed by atoms with van der Waals surface area (Å²) in [7, 11) is 2.21. The van der Waals surface area contributed by atoms with Crippen molar-refractivity contribution in [3.05, 3.63) is 69.8 Å². The van der Waals surface area contributed by atoms with Crippen LogP contribution in [0.2, 0.25) is 10.0 Å². The first-order valence-electron chi connectivity index (χ1n) is 13.6. The molecule has 9 heteroatoms.